The summed E-state index contributed by atoms with van der Waals surface area (Å²) in [6.07, 6.45) is -0.0269. The van der Waals surface area contributed by atoms with Gasteiger partial charge in [-0.15, -0.1) is 0 Å². The number of rotatable bonds is 7. The highest BCUT2D eigenvalue weighted by atomic mass is 16.4. The molecule has 0 aliphatic heterocycles. The molecule has 2 unspecified atom stereocenters. The lowest BCUT2D eigenvalue weighted by atomic mass is 10.0. The van der Waals surface area contributed by atoms with Crippen LogP contribution in [0.15, 0.2) is 30.3 Å². The van der Waals surface area contributed by atoms with Gasteiger partial charge in [-0.3, -0.25) is 4.79 Å². The molecule has 0 aromatic heterocycles. The molecule has 1 rings (SSSR count). The van der Waals surface area contributed by atoms with Crippen LogP contribution in [-0.4, -0.2) is 34.7 Å². The van der Waals surface area contributed by atoms with E-state index in [2.05, 4.69) is 5.32 Å². The van der Waals surface area contributed by atoms with Crippen molar-refractivity contribution in [3.8, 4) is 0 Å². The van der Waals surface area contributed by atoms with E-state index in [9.17, 15) is 9.59 Å². The maximum atomic E-state index is 11.7. The van der Waals surface area contributed by atoms with Crippen LogP contribution in [0.4, 0.5) is 0 Å². The normalized spacial score (nSPS) is 13.6. The third-order valence-electron chi connectivity index (χ3n) is 2.68. The summed E-state index contributed by atoms with van der Waals surface area (Å²) >= 11 is 0. The smallest absolute Gasteiger partial charge is 0.326 e. The van der Waals surface area contributed by atoms with E-state index in [1.54, 1.807) is 12.1 Å². The first kappa shape index (κ1) is 15.1. The molecule has 0 aliphatic rings. The predicted molar refractivity (Wildman–Crippen MR) is 69.3 cm³/mol. The van der Waals surface area contributed by atoms with Gasteiger partial charge in [-0.25, -0.2) is 4.79 Å². The molecule has 1 aromatic rings. The molecular formula is C13H18N2O4. The molecule has 5 N–H and O–H groups in total. The lowest BCUT2D eigenvalue weighted by Gasteiger charge is -2.16. The van der Waals surface area contributed by atoms with Crippen molar-refractivity contribution in [3.63, 3.8) is 0 Å². The Morgan fingerprint density at radius 3 is 2.42 bits per heavy atom. The van der Waals surface area contributed by atoms with E-state index < -0.39 is 24.0 Å². The highest BCUT2D eigenvalue weighted by molar-refractivity contribution is 5.83. The summed E-state index contributed by atoms with van der Waals surface area (Å²) in [6, 6.07) is 7.53. The van der Waals surface area contributed by atoms with Crippen LogP contribution in [0.25, 0.3) is 0 Å². The molecule has 1 amide bonds. The van der Waals surface area contributed by atoms with Crippen molar-refractivity contribution in [2.75, 3.05) is 6.61 Å². The fraction of sp³-hybridized carbons (Fsp3) is 0.385. The van der Waals surface area contributed by atoms with Crippen molar-refractivity contribution in [1.29, 1.82) is 0 Å². The van der Waals surface area contributed by atoms with Crippen LogP contribution < -0.4 is 11.1 Å². The summed E-state index contributed by atoms with van der Waals surface area (Å²) in [6.45, 7) is -0.304. The quantitative estimate of drug-likeness (QED) is 0.556. The van der Waals surface area contributed by atoms with Gasteiger partial charge in [-0.1, -0.05) is 30.3 Å². The lowest BCUT2D eigenvalue weighted by molar-refractivity contribution is -0.142. The molecule has 6 nitrogen and oxygen atoms in total. The highest BCUT2D eigenvalue weighted by Crippen LogP contribution is 2.13. The molecule has 0 saturated carbocycles. The number of carboxylic acid groups (broad SMARTS) is 1. The second kappa shape index (κ2) is 7.50. The van der Waals surface area contributed by atoms with Gasteiger partial charge in [-0.2, -0.15) is 0 Å². The number of nitrogens with one attached hydrogen (secondary N) is 1. The minimum Gasteiger partial charge on any atom is -0.480 e. The SMILES string of the molecule is NC(CC(=O)NC(CCO)C(=O)O)c1ccccc1. The number of hydrogen-bond donors (Lipinski definition) is 4. The molecule has 0 bridgehead atoms. The maximum Gasteiger partial charge on any atom is 0.326 e. The van der Waals surface area contributed by atoms with Crippen LogP contribution in [-0.2, 0) is 9.59 Å². The number of amides is 1. The minimum atomic E-state index is -1.17. The number of aliphatic hydroxyl groups excluding tert-OH is 1. The highest BCUT2D eigenvalue weighted by Gasteiger charge is 2.20. The van der Waals surface area contributed by atoms with Gasteiger partial charge in [0.25, 0.3) is 0 Å². The summed E-state index contributed by atoms with van der Waals surface area (Å²) in [5.74, 6) is -1.62. The molecule has 1 aromatic carbocycles. The van der Waals surface area contributed by atoms with Crippen molar-refractivity contribution < 1.29 is 19.8 Å². The molecule has 0 heterocycles. The average molecular weight is 266 g/mol. The molecule has 0 fully saturated rings. The van der Waals surface area contributed by atoms with Crippen molar-refractivity contribution in [3.05, 3.63) is 35.9 Å². The fourth-order valence-electron chi connectivity index (χ4n) is 1.66. The topological polar surface area (TPSA) is 113 Å². The largest absolute Gasteiger partial charge is 0.480 e. The second-order valence-electron chi connectivity index (χ2n) is 4.19. The zero-order chi connectivity index (χ0) is 14.3. The molecule has 19 heavy (non-hydrogen) atoms. The number of carbonyl (C=O) groups excluding carboxylic acids is 1. The Bertz CT molecular complexity index is 422. The van der Waals surface area contributed by atoms with Crippen LogP contribution in [0, 0.1) is 0 Å². The summed E-state index contributed by atoms with van der Waals surface area (Å²) in [7, 11) is 0. The van der Waals surface area contributed by atoms with Gasteiger partial charge in [0.05, 0.1) is 0 Å². The van der Waals surface area contributed by atoms with Gasteiger partial charge >= 0.3 is 5.97 Å². The van der Waals surface area contributed by atoms with Crippen LogP contribution in [0.3, 0.4) is 0 Å². The molecule has 0 radical (unpaired) electrons. The van der Waals surface area contributed by atoms with E-state index in [4.69, 9.17) is 15.9 Å². The zero-order valence-corrected chi connectivity index (χ0v) is 10.5. The standard InChI is InChI=1S/C13H18N2O4/c14-10(9-4-2-1-3-5-9)8-12(17)15-11(6-7-16)13(18)19/h1-5,10-11,16H,6-8,14H2,(H,15,17)(H,18,19). The van der Waals surface area contributed by atoms with Crippen molar-refractivity contribution in [2.24, 2.45) is 5.73 Å². The second-order valence-corrected chi connectivity index (χ2v) is 4.19. The van der Waals surface area contributed by atoms with E-state index >= 15 is 0 Å². The molecule has 6 heteroatoms. The first-order valence-corrected chi connectivity index (χ1v) is 5.98. The number of carbonyl (C=O) groups is 2. The molecule has 0 aliphatic carbocycles. The Morgan fingerprint density at radius 2 is 1.89 bits per heavy atom. The number of hydrogen-bond acceptors (Lipinski definition) is 4. The van der Waals surface area contributed by atoms with E-state index in [1.165, 1.54) is 0 Å². The molecule has 0 spiro atoms. The van der Waals surface area contributed by atoms with Gasteiger partial charge in [-0.05, 0) is 5.56 Å². The number of carboxylic acids is 1. The monoisotopic (exact) mass is 266 g/mol. The lowest BCUT2D eigenvalue weighted by Crippen LogP contribution is -2.42. The third-order valence-corrected chi connectivity index (χ3v) is 2.68. The van der Waals surface area contributed by atoms with Crippen LogP contribution in [0.1, 0.15) is 24.4 Å². The average Bonchev–Trinajstić information content (AvgIpc) is 2.39. The van der Waals surface area contributed by atoms with Crippen LogP contribution in [0.2, 0.25) is 0 Å². The third kappa shape index (κ3) is 5.07. The van der Waals surface area contributed by atoms with Gasteiger partial charge in [0, 0.05) is 25.5 Å². The van der Waals surface area contributed by atoms with Crippen LogP contribution >= 0.6 is 0 Å². The minimum absolute atomic E-state index is 0.000772. The van der Waals surface area contributed by atoms with E-state index in [0.717, 1.165) is 5.56 Å². The van der Waals surface area contributed by atoms with Crippen LogP contribution in [0.5, 0.6) is 0 Å². The van der Waals surface area contributed by atoms with E-state index in [0.29, 0.717) is 0 Å². The van der Waals surface area contributed by atoms with Gasteiger partial charge in [0.15, 0.2) is 0 Å². The first-order chi connectivity index (χ1) is 9.04. The molecule has 0 saturated heterocycles. The summed E-state index contributed by atoms with van der Waals surface area (Å²) in [5, 5.41) is 19.9. The molecule has 104 valence electrons. The summed E-state index contributed by atoms with van der Waals surface area (Å²) in [5.41, 5.74) is 6.68. The van der Waals surface area contributed by atoms with Gasteiger partial charge in [0.2, 0.25) is 5.91 Å². The number of aliphatic carboxylic acids is 1. The fourth-order valence-corrected chi connectivity index (χ4v) is 1.66. The van der Waals surface area contributed by atoms with Crippen molar-refractivity contribution in [2.45, 2.75) is 24.9 Å². The van der Waals surface area contributed by atoms with E-state index in [1.807, 2.05) is 18.2 Å². The molecule has 2 atom stereocenters. The van der Waals surface area contributed by atoms with Crippen molar-refractivity contribution >= 4 is 11.9 Å². The Hall–Kier alpha value is -1.92. The Labute approximate surface area is 111 Å². The predicted octanol–water partition coefficient (Wildman–Crippen LogP) is 0.0283. The Kier molecular flexibility index (Phi) is 5.98. The maximum absolute atomic E-state index is 11.7. The number of aliphatic hydroxyl groups is 1. The zero-order valence-electron chi connectivity index (χ0n) is 10.5. The summed E-state index contributed by atoms with van der Waals surface area (Å²) in [4.78, 5) is 22.5. The Balaban J connectivity index is 2.52. The molecular weight excluding hydrogens is 248 g/mol. The van der Waals surface area contributed by atoms with Gasteiger partial charge in [0.1, 0.15) is 6.04 Å². The number of benzene rings is 1. The van der Waals surface area contributed by atoms with Crippen molar-refractivity contribution in [1.82, 2.24) is 5.32 Å². The Morgan fingerprint density at radius 1 is 1.26 bits per heavy atom. The first-order valence-electron chi connectivity index (χ1n) is 5.98. The summed E-state index contributed by atoms with van der Waals surface area (Å²) < 4.78 is 0. The number of nitrogens with two attached hydrogens (primary N) is 1. The van der Waals surface area contributed by atoms with E-state index in [-0.39, 0.29) is 19.4 Å². The van der Waals surface area contributed by atoms with Gasteiger partial charge < -0.3 is 21.3 Å².